The van der Waals surface area contributed by atoms with E-state index in [4.69, 9.17) is 5.73 Å². The minimum atomic E-state index is 0.0467. The Bertz CT molecular complexity index is 492. The van der Waals surface area contributed by atoms with E-state index in [9.17, 15) is 0 Å². The van der Waals surface area contributed by atoms with E-state index in [0.717, 1.165) is 4.47 Å². The van der Waals surface area contributed by atoms with Crippen LogP contribution in [-0.2, 0) is 0 Å². The van der Waals surface area contributed by atoms with Crippen LogP contribution in [0.2, 0.25) is 0 Å². The van der Waals surface area contributed by atoms with Crippen LogP contribution in [0, 0.1) is 6.92 Å². The second kappa shape index (κ2) is 5.34. The van der Waals surface area contributed by atoms with E-state index in [1.807, 2.05) is 6.07 Å². The van der Waals surface area contributed by atoms with E-state index in [0.29, 0.717) is 5.92 Å². The molecule has 0 radical (unpaired) electrons. The molecular weight excluding hydrogens is 294 g/mol. The molecule has 2 unspecified atom stereocenters. The van der Waals surface area contributed by atoms with Crippen molar-refractivity contribution in [3.05, 3.63) is 56.2 Å². The summed E-state index contributed by atoms with van der Waals surface area (Å²) in [6.07, 6.45) is 0. The maximum Gasteiger partial charge on any atom is 0.0468 e. The molecule has 0 aliphatic heterocycles. The Morgan fingerprint density at radius 1 is 1.24 bits per heavy atom. The van der Waals surface area contributed by atoms with Crippen molar-refractivity contribution in [3.8, 4) is 0 Å². The summed E-state index contributed by atoms with van der Waals surface area (Å²) in [6.45, 7) is 4.29. The van der Waals surface area contributed by atoms with Crippen molar-refractivity contribution >= 4 is 27.3 Å². The molecular formula is C14H16BrNS. The van der Waals surface area contributed by atoms with Crippen molar-refractivity contribution < 1.29 is 0 Å². The Hall–Kier alpha value is -0.640. The highest BCUT2D eigenvalue weighted by atomic mass is 79.9. The fourth-order valence-electron chi connectivity index (χ4n) is 1.92. The summed E-state index contributed by atoms with van der Waals surface area (Å²) >= 11 is 5.36. The third kappa shape index (κ3) is 2.79. The lowest BCUT2D eigenvalue weighted by Gasteiger charge is -2.19. The van der Waals surface area contributed by atoms with Gasteiger partial charge in [-0.25, -0.2) is 0 Å². The number of halogens is 1. The van der Waals surface area contributed by atoms with Crippen molar-refractivity contribution in [2.24, 2.45) is 5.73 Å². The van der Waals surface area contributed by atoms with Gasteiger partial charge in [0, 0.05) is 26.2 Å². The molecule has 0 saturated carbocycles. The van der Waals surface area contributed by atoms with Crippen molar-refractivity contribution in [3.63, 3.8) is 0 Å². The summed E-state index contributed by atoms with van der Waals surface area (Å²) in [7, 11) is 0. The minimum absolute atomic E-state index is 0.0467. The zero-order valence-corrected chi connectivity index (χ0v) is 12.4. The zero-order chi connectivity index (χ0) is 12.4. The fraction of sp³-hybridized carbons (Fsp3) is 0.286. The molecule has 0 amide bonds. The number of aryl methyl sites for hydroxylation is 1. The molecule has 0 aliphatic carbocycles. The monoisotopic (exact) mass is 309 g/mol. The lowest BCUT2D eigenvalue weighted by atomic mass is 9.93. The molecule has 1 nitrogen and oxygen atoms in total. The number of hydrogen-bond donors (Lipinski definition) is 1. The van der Waals surface area contributed by atoms with Gasteiger partial charge in [0.1, 0.15) is 0 Å². The average Bonchev–Trinajstić information content (AvgIpc) is 2.68. The van der Waals surface area contributed by atoms with Gasteiger partial charge >= 0.3 is 0 Å². The SMILES string of the molecule is Cc1cc(Br)c(C(N)C(C)c2ccccc2)s1. The summed E-state index contributed by atoms with van der Waals surface area (Å²) in [5.74, 6) is 0.325. The standard InChI is InChI=1S/C14H16BrNS/c1-9-8-12(15)14(17-9)13(16)10(2)11-6-4-3-5-7-11/h3-8,10,13H,16H2,1-2H3. The van der Waals surface area contributed by atoms with E-state index >= 15 is 0 Å². The van der Waals surface area contributed by atoms with Crippen LogP contribution >= 0.6 is 27.3 Å². The van der Waals surface area contributed by atoms with Crippen LogP contribution in [0.15, 0.2) is 40.9 Å². The molecule has 0 fully saturated rings. The molecule has 0 saturated heterocycles. The molecule has 1 aromatic heterocycles. The summed E-state index contributed by atoms with van der Waals surface area (Å²) < 4.78 is 1.13. The fourth-order valence-corrected chi connectivity index (χ4v) is 3.94. The Morgan fingerprint density at radius 2 is 1.88 bits per heavy atom. The highest BCUT2D eigenvalue weighted by Crippen LogP contribution is 2.37. The van der Waals surface area contributed by atoms with Gasteiger partial charge in [-0.3, -0.25) is 0 Å². The van der Waals surface area contributed by atoms with Crippen molar-refractivity contribution in [1.82, 2.24) is 0 Å². The van der Waals surface area contributed by atoms with Gasteiger partial charge in [-0.1, -0.05) is 37.3 Å². The third-order valence-electron chi connectivity index (χ3n) is 3.00. The van der Waals surface area contributed by atoms with Crippen LogP contribution in [-0.4, -0.2) is 0 Å². The van der Waals surface area contributed by atoms with Crippen molar-refractivity contribution in [2.75, 3.05) is 0 Å². The lowest BCUT2D eigenvalue weighted by Crippen LogP contribution is -2.16. The Kier molecular flexibility index (Phi) is 4.02. The van der Waals surface area contributed by atoms with Crippen LogP contribution in [0.1, 0.15) is 34.2 Å². The number of benzene rings is 1. The van der Waals surface area contributed by atoms with Gasteiger partial charge in [0.2, 0.25) is 0 Å². The molecule has 0 spiro atoms. The van der Waals surface area contributed by atoms with E-state index < -0.39 is 0 Å². The molecule has 3 heteroatoms. The second-order valence-electron chi connectivity index (χ2n) is 4.29. The summed E-state index contributed by atoms with van der Waals surface area (Å²) in [5.41, 5.74) is 7.65. The summed E-state index contributed by atoms with van der Waals surface area (Å²) in [4.78, 5) is 2.53. The topological polar surface area (TPSA) is 26.0 Å². The maximum atomic E-state index is 6.37. The summed E-state index contributed by atoms with van der Waals surface area (Å²) in [5, 5.41) is 0. The van der Waals surface area contributed by atoms with Gasteiger partial charge < -0.3 is 5.73 Å². The Morgan fingerprint density at radius 3 is 2.41 bits per heavy atom. The Labute approximate surface area is 115 Å². The first-order valence-corrected chi connectivity index (χ1v) is 7.27. The molecule has 1 heterocycles. The first-order valence-electron chi connectivity index (χ1n) is 5.66. The maximum absolute atomic E-state index is 6.37. The number of hydrogen-bond acceptors (Lipinski definition) is 2. The first-order chi connectivity index (χ1) is 8.09. The molecule has 90 valence electrons. The molecule has 2 aromatic rings. The largest absolute Gasteiger partial charge is 0.323 e. The predicted octanol–water partition coefficient (Wildman–Crippen LogP) is 4.62. The zero-order valence-electron chi connectivity index (χ0n) is 9.98. The van der Waals surface area contributed by atoms with E-state index in [1.54, 1.807) is 11.3 Å². The molecule has 17 heavy (non-hydrogen) atoms. The summed E-state index contributed by atoms with van der Waals surface area (Å²) in [6, 6.07) is 12.6. The van der Waals surface area contributed by atoms with Gasteiger partial charge in [0.15, 0.2) is 0 Å². The molecule has 0 bridgehead atoms. The second-order valence-corrected chi connectivity index (χ2v) is 6.44. The van der Waals surface area contributed by atoms with E-state index in [2.05, 4.69) is 60.1 Å². The van der Waals surface area contributed by atoms with E-state index in [-0.39, 0.29) is 6.04 Å². The molecule has 2 atom stereocenters. The third-order valence-corrected chi connectivity index (χ3v) is 5.07. The normalized spacial score (nSPS) is 14.6. The number of thiophene rings is 1. The van der Waals surface area contributed by atoms with Gasteiger partial charge in [-0.2, -0.15) is 0 Å². The average molecular weight is 310 g/mol. The lowest BCUT2D eigenvalue weighted by molar-refractivity contribution is 0.605. The van der Waals surface area contributed by atoms with Crippen LogP contribution in [0.3, 0.4) is 0 Å². The van der Waals surface area contributed by atoms with Crippen LogP contribution < -0.4 is 5.73 Å². The van der Waals surface area contributed by atoms with Crippen molar-refractivity contribution in [1.29, 1.82) is 0 Å². The minimum Gasteiger partial charge on any atom is -0.323 e. The van der Waals surface area contributed by atoms with Gasteiger partial charge in [0.05, 0.1) is 0 Å². The number of rotatable bonds is 3. The number of nitrogens with two attached hydrogens (primary N) is 1. The van der Waals surface area contributed by atoms with Gasteiger partial charge in [-0.15, -0.1) is 11.3 Å². The molecule has 1 aromatic carbocycles. The van der Waals surface area contributed by atoms with Crippen LogP contribution in [0.25, 0.3) is 0 Å². The van der Waals surface area contributed by atoms with Crippen LogP contribution in [0.4, 0.5) is 0 Å². The van der Waals surface area contributed by atoms with Crippen LogP contribution in [0.5, 0.6) is 0 Å². The highest BCUT2D eigenvalue weighted by Gasteiger charge is 2.20. The molecule has 2 N–H and O–H groups in total. The Balaban J connectivity index is 2.26. The predicted molar refractivity (Wildman–Crippen MR) is 78.5 cm³/mol. The molecule has 0 aliphatic rings. The highest BCUT2D eigenvalue weighted by molar-refractivity contribution is 9.10. The smallest absolute Gasteiger partial charge is 0.0468 e. The first kappa shape index (κ1) is 12.8. The van der Waals surface area contributed by atoms with Crippen molar-refractivity contribution in [2.45, 2.75) is 25.8 Å². The van der Waals surface area contributed by atoms with Gasteiger partial charge in [0.25, 0.3) is 0 Å². The van der Waals surface area contributed by atoms with Gasteiger partial charge in [-0.05, 0) is 34.5 Å². The molecule has 2 rings (SSSR count). The quantitative estimate of drug-likeness (QED) is 0.879. The van der Waals surface area contributed by atoms with E-state index in [1.165, 1.54) is 15.3 Å².